The fourth-order valence-electron chi connectivity index (χ4n) is 1.99. The zero-order chi connectivity index (χ0) is 14.3. The van der Waals surface area contributed by atoms with E-state index < -0.39 is 0 Å². The molecular formula is C16H25NO2. The van der Waals surface area contributed by atoms with Crippen LogP contribution in [0.5, 0.6) is 5.75 Å². The molecule has 0 aliphatic rings. The molecule has 0 saturated carbocycles. The second-order valence-corrected chi connectivity index (χ2v) is 4.94. The van der Waals surface area contributed by atoms with Crippen molar-refractivity contribution >= 4 is 5.91 Å². The molecule has 0 aromatic heterocycles. The van der Waals surface area contributed by atoms with Gasteiger partial charge in [0.15, 0.2) is 6.61 Å². The Hall–Kier alpha value is -1.51. The highest BCUT2D eigenvalue weighted by atomic mass is 16.5. The number of rotatable bonds is 7. The van der Waals surface area contributed by atoms with Crippen molar-refractivity contribution in [3.05, 3.63) is 29.3 Å². The lowest BCUT2D eigenvalue weighted by molar-refractivity contribution is -0.133. The number of carbonyl (C=O) groups is 1. The summed E-state index contributed by atoms with van der Waals surface area (Å²) in [6.45, 7) is 9.93. The zero-order valence-corrected chi connectivity index (χ0v) is 12.5. The highest BCUT2D eigenvalue weighted by Crippen LogP contribution is 2.19. The molecule has 0 radical (unpaired) electrons. The average molecular weight is 263 g/mol. The molecule has 3 heteroatoms. The van der Waals surface area contributed by atoms with Gasteiger partial charge in [-0.2, -0.15) is 0 Å². The molecule has 1 rings (SSSR count). The number of ether oxygens (including phenoxy) is 1. The molecule has 1 amide bonds. The Morgan fingerprint density at radius 1 is 1.16 bits per heavy atom. The number of nitrogens with zero attached hydrogens (tertiary/aromatic N) is 1. The van der Waals surface area contributed by atoms with Gasteiger partial charge in [0.2, 0.25) is 0 Å². The molecule has 0 heterocycles. The van der Waals surface area contributed by atoms with Crippen LogP contribution in [0.3, 0.4) is 0 Å². The molecule has 19 heavy (non-hydrogen) atoms. The smallest absolute Gasteiger partial charge is 0.260 e. The Morgan fingerprint density at radius 3 is 2.37 bits per heavy atom. The van der Waals surface area contributed by atoms with E-state index in [0.29, 0.717) is 0 Å². The first-order chi connectivity index (χ1) is 9.08. The minimum Gasteiger partial charge on any atom is -0.483 e. The molecule has 0 atom stereocenters. The summed E-state index contributed by atoms with van der Waals surface area (Å²) < 4.78 is 5.66. The van der Waals surface area contributed by atoms with Crippen LogP contribution in [0.1, 0.15) is 37.8 Å². The van der Waals surface area contributed by atoms with Gasteiger partial charge in [0.25, 0.3) is 5.91 Å². The molecule has 0 fully saturated rings. The van der Waals surface area contributed by atoms with E-state index in [2.05, 4.69) is 13.8 Å². The lowest BCUT2D eigenvalue weighted by Gasteiger charge is -2.21. The standard InChI is InChI=1S/C16H25NO2/c1-5-9-17(10-6-2)16(18)12-19-15-11-13(3)7-8-14(15)4/h7-8,11H,5-6,9-10,12H2,1-4H3. The van der Waals surface area contributed by atoms with Gasteiger partial charge in [0, 0.05) is 13.1 Å². The maximum atomic E-state index is 12.1. The highest BCUT2D eigenvalue weighted by Gasteiger charge is 2.12. The summed E-state index contributed by atoms with van der Waals surface area (Å²) in [7, 11) is 0. The van der Waals surface area contributed by atoms with Crippen molar-refractivity contribution in [2.45, 2.75) is 40.5 Å². The Morgan fingerprint density at radius 2 is 1.79 bits per heavy atom. The summed E-state index contributed by atoms with van der Waals surface area (Å²) >= 11 is 0. The first kappa shape index (κ1) is 15.5. The summed E-state index contributed by atoms with van der Waals surface area (Å²) in [5, 5.41) is 0. The first-order valence-electron chi connectivity index (χ1n) is 7.06. The molecule has 1 aromatic rings. The molecule has 0 N–H and O–H groups in total. The number of hydrogen-bond acceptors (Lipinski definition) is 2. The molecule has 0 unspecified atom stereocenters. The Balaban J connectivity index is 2.59. The lowest BCUT2D eigenvalue weighted by atomic mass is 10.1. The summed E-state index contributed by atoms with van der Waals surface area (Å²) in [5.74, 6) is 0.880. The van der Waals surface area contributed by atoms with Gasteiger partial charge in [-0.25, -0.2) is 0 Å². The lowest BCUT2D eigenvalue weighted by Crippen LogP contribution is -2.36. The Bertz CT molecular complexity index is 409. The number of amides is 1. The van der Waals surface area contributed by atoms with Crippen LogP contribution < -0.4 is 4.74 Å². The first-order valence-corrected chi connectivity index (χ1v) is 7.06. The number of carbonyl (C=O) groups excluding carboxylic acids is 1. The molecule has 0 saturated heterocycles. The van der Waals surface area contributed by atoms with Crippen LogP contribution in [0.4, 0.5) is 0 Å². The van der Waals surface area contributed by atoms with Gasteiger partial charge in [-0.15, -0.1) is 0 Å². The second kappa shape index (κ2) is 7.82. The third-order valence-electron chi connectivity index (χ3n) is 3.03. The third kappa shape index (κ3) is 4.93. The highest BCUT2D eigenvalue weighted by molar-refractivity contribution is 5.77. The SMILES string of the molecule is CCCN(CCC)C(=O)COc1cc(C)ccc1C. The van der Waals surface area contributed by atoms with E-state index in [9.17, 15) is 4.79 Å². The van der Waals surface area contributed by atoms with Gasteiger partial charge in [-0.1, -0.05) is 26.0 Å². The van der Waals surface area contributed by atoms with E-state index in [-0.39, 0.29) is 12.5 Å². The van der Waals surface area contributed by atoms with E-state index >= 15 is 0 Å². The van der Waals surface area contributed by atoms with E-state index in [1.807, 2.05) is 36.9 Å². The summed E-state index contributed by atoms with van der Waals surface area (Å²) in [4.78, 5) is 14.0. The number of hydrogen-bond donors (Lipinski definition) is 0. The normalized spacial score (nSPS) is 10.3. The van der Waals surface area contributed by atoms with Crippen molar-refractivity contribution in [3.63, 3.8) is 0 Å². The van der Waals surface area contributed by atoms with Gasteiger partial charge >= 0.3 is 0 Å². The van der Waals surface area contributed by atoms with Gasteiger partial charge in [-0.05, 0) is 43.9 Å². The van der Waals surface area contributed by atoms with Crippen molar-refractivity contribution in [1.82, 2.24) is 4.90 Å². The molecule has 0 aliphatic heterocycles. The molecule has 0 bridgehead atoms. The Kier molecular flexibility index (Phi) is 6.40. The topological polar surface area (TPSA) is 29.5 Å². The van der Waals surface area contributed by atoms with Gasteiger partial charge in [0.05, 0.1) is 0 Å². The maximum absolute atomic E-state index is 12.1. The van der Waals surface area contributed by atoms with E-state index in [0.717, 1.165) is 42.8 Å². The van der Waals surface area contributed by atoms with Crippen molar-refractivity contribution in [3.8, 4) is 5.75 Å². The van der Waals surface area contributed by atoms with Crippen molar-refractivity contribution < 1.29 is 9.53 Å². The van der Waals surface area contributed by atoms with Crippen molar-refractivity contribution in [2.75, 3.05) is 19.7 Å². The van der Waals surface area contributed by atoms with Gasteiger partial charge in [0.1, 0.15) is 5.75 Å². The predicted octanol–water partition coefficient (Wildman–Crippen LogP) is 3.33. The van der Waals surface area contributed by atoms with Crippen LogP contribution in [0.15, 0.2) is 18.2 Å². The largest absolute Gasteiger partial charge is 0.483 e. The van der Waals surface area contributed by atoms with E-state index in [1.165, 1.54) is 0 Å². The van der Waals surface area contributed by atoms with E-state index in [1.54, 1.807) is 0 Å². The van der Waals surface area contributed by atoms with Crippen LogP contribution in [0, 0.1) is 13.8 Å². The Labute approximate surface area is 116 Å². The third-order valence-corrected chi connectivity index (χ3v) is 3.03. The molecule has 0 spiro atoms. The second-order valence-electron chi connectivity index (χ2n) is 4.94. The predicted molar refractivity (Wildman–Crippen MR) is 78.6 cm³/mol. The maximum Gasteiger partial charge on any atom is 0.260 e. The summed E-state index contributed by atoms with van der Waals surface area (Å²) in [5.41, 5.74) is 2.21. The molecule has 3 nitrogen and oxygen atoms in total. The fraction of sp³-hybridized carbons (Fsp3) is 0.562. The minimum atomic E-state index is 0.0737. The van der Waals surface area contributed by atoms with Gasteiger partial charge in [-0.3, -0.25) is 4.79 Å². The van der Waals surface area contributed by atoms with E-state index in [4.69, 9.17) is 4.74 Å². The van der Waals surface area contributed by atoms with Crippen molar-refractivity contribution in [1.29, 1.82) is 0 Å². The van der Waals surface area contributed by atoms with Crippen molar-refractivity contribution in [2.24, 2.45) is 0 Å². The molecule has 0 aliphatic carbocycles. The van der Waals surface area contributed by atoms with Crippen LogP contribution in [0.25, 0.3) is 0 Å². The molecule has 1 aromatic carbocycles. The zero-order valence-electron chi connectivity index (χ0n) is 12.5. The molecular weight excluding hydrogens is 238 g/mol. The fourth-order valence-corrected chi connectivity index (χ4v) is 1.99. The van der Waals surface area contributed by atoms with Crippen LogP contribution in [-0.4, -0.2) is 30.5 Å². The van der Waals surface area contributed by atoms with Crippen LogP contribution in [-0.2, 0) is 4.79 Å². The average Bonchev–Trinajstić information content (AvgIpc) is 2.39. The van der Waals surface area contributed by atoms with Gasteiger partial charge < -0.3 is 9.64 Å². The number of aryl methyl sites for hydroxylation is 2. The summed E-state index contributed by atoms with van der Waals surface area (Å²) in [6, 6.07) is 6.04. The minimum absolute atomic E-state index is 0.0737. The van der Waals surface area contributed by atoms with Crippen LogP contribution >= 0.6 is 0 Å². The monoisotopic (exact) mass is 263 g/mol. The quantitative estimate of drug-likeness (QED) is 0.755. The number of benzene rings is 1. The van der Waals surface area contributed by atoms with Crippen LogP contribution in [0.2, 0.25) is 0 Å². The molecule has 106 valence electrons. The summed E-state index contributed by atoms with van der Waals surface area (Å²) in [6.07, 6.45) is 1.96.